The van der Waals surface area contributed by atoms with Crippen molar-refractivity contribution in [2.45, 2.75) is 32.1 Å². The van der Waals surface area contributed by atoms with Crippen molar-refractivity contribution in [1.29, 1.82) is 0 Å². The van der Waals surface area contributed by atoms with Crippen LogP contribution in [-0.4, -0.2) is 11.1 Å². The fourth-order valence-electron chi connectivity index (χ4n) is 2.25. The predicted octanol–water partition coefficient (Wildman–Crippen LogP) is 4.31. The minimum absolute atomic E-state index is 0.0341. The molecule has 1 heterocycles. The van der Waals surface area contributed by atoms with E-state index in [1.165, 1.54) is 5.56 Å². The lowest BCUT2D eigenvalue weighted by Crippen LogP contribution is -2.06. The minimum atomic E-state index is -0.754. The molecule has 2 nitrogen and oxygen atoms in total. The van der Waals surface area contributed by atoms with E-state index in [9.17, 15) is 4.79 Å². The first kappa shape index (κ1) is 13.8. The van der Waals surface area contributed by atoms with Crippen LogP contribution in [0.5, 0.6) is 0 Å². The van der Waals surface area contributed by atoms with Crippen LogP contribution in [0.25, 0.3) is 0 Å². The van der Waals surface area contributed by atoms with Crippen LogP contribution in [0, 0.1) is 0 Å². The van der Waals surface area contributed by atoms with E-state index in [0.717, 1.165) is 23.3 Å². The van der Waals surface area contributed by atoms with Crippen LogP contribution in [0.3, 0.4) is 0 Å². The van der Waals surface area contributed by atoms with E-state index in [2.05, 4.69) is 31.2 Å². The first-order valence-electron chi connectivity index (χ1n) is 6.54. The highest BCUT2D eigenvalue weighted by atomic mass is 32.1. The molecule has 0 amide bonds. The zero-order chi connectivity index (χ0) is 13.7. The topological polar surface area (TPSA) is 37.3 Å². The first-order chi connectivity index (χ1) is 9.20. The molecule has 0 aliphatic carbocycles. The molecule has 0 aliphatic heterocycles. The van der Waals surface area contributed by atoms with Gasteiger partial charge in [-0.15, -0.1) is 11.3 Å². The summed E-state index contributed by atoms with van der Waals surface area (Å²) in [5, 5.41) is 11.1. The molecular formula is C16H18O2S. The fraction of sp³-hybridized carbons (Fsp3) is 0.312. The molecule has 100 valence electrons. The Hall–Kier alpha value is -1.61. The van der Waals surface area contributed by atoms with Gasteiger partial charge in [0, 0.05) is 10.8 Å². The number of carbonyl (C=O) groups is 1. The normalized spacial score (nSPS) is 12.3. The molecule has 1 aromatic carbocycles. The molecular weight excluding hydrogens is 256 g/mol. The van der Waals surface area contributed by atoms with Gasteiger partial charge in [0.1, 0.15) is 0 Å². The van der Waals surface area contributed by atoms with Crippen LogP contribution >= 0.6 is 11.3 Å². The van der Waals surface area contributed by atoms with Gasteiger partial charge in [0.25, 0.3) is 0 Å². The molecule has 1 aromatic heterocycles. The number of aryl methyl sites for hydroxylation is 1. The number of aliphatic carboxylic acids is 1. The van der Waals surface area contributed by atoms with Gasteiger partial charge in [-0.05, 0) is 29.0 Å². The third-order valence-corrected chi connectivity index (χ3v) is 4.17. The van der Waals surface area contributed by atoms with Gasteiger partial charge in [-0.2, -0.15) is 0 Å². The number of thiophene rings is 1. The Balaban J connectivity index is 2.25. The second-order valence-corrected chi connectivity index (χ2v) is 5.64. The number of hydrogen-bond donors (Lipinski definition) is 1. The molecule has 0 bridgehead atoms. The van der Waals surface area contributed by atoms with Crippen molar-refractivity contribution in [3.8, 4) is 0 Å². The van der Waals surface area contributed by atoms with Gasteiger partial charge in [-0.3, -0.25) is 4.79 Å². The van der Waals surface area contributed by atoms with Crippen molar-refractivity contribution in [3.05, 3.63) is 57.8 Å². The zero-order valence-corrected chi connectivity index (χ0v) is 11.8. The summed E-state index contributed by atoms with van der Waals surface area (Å²) in [7, 11) is 0. The average molecular weight is 274 g/mol. The van der Waals surface area contributed by atoms with E-state index < -0.39 is 5.97 Å². The SMILES string of the molecule is CCCc1ccc(C(CC(=O)O)c2cccs2)cc1. The summed E-state index contributed by atoms with van der Waals surface area (Å²) in [6.45, 7) is 2.16. The maximum Gasteiger partial charge on any atom is 0.304 e. The van der Waals surface area contributed by atoms with E-state index in [4.69, 9.17) is 5.11 Å². The Morgan fingerprint density at radius 3 is 2.53 bits per heavy atom. The Morgan fingerprint density at radius 2 is 2.00 bits per heavy atom. The van der Waals surface area contributed by atoms with E-state index >= 15 is 0 Å². The largest absolute Gasteiger partial charge is 0.481 e. The highest BCUT2D eigenvalue weighted by Gasteiger charge is 2.18. The fourth-order valence-corrected chi connectivity index (χ4v) is 3.11. The summed E-state index contributed by atoms with van der Waals surface area (Å²) in [6.07, 6.45) is 2.35. The van der Waals surface area contributed by atoms with Gasteiger partial charge >= 0.3 is 5.97 Å². The molecule has 0 spiro atoms. The van der Waals surface area contributed by atoms with Gasteiger partial charge < -0.3 is 5.11 Å². The van der Waals surface area contributed by atoms with Crippen molar-refractivity contribution >= 4 is 17.3 Å². The molecule has 3 heteroatoms. The Labute approximate surface area is 117 Å². The van der Waals surface area contributed by atoms with Crippen LogP contribution in [0.2, 0.25) is 0 Å². The molecule has 0 saturated heterocycles. The van der Waals surface area contributed by atoms with Gasteiger partial charge in [0.15, 0.2) is 0 Å². The summed E-state index contributed by atoms with van der Waals surface area (Å²) in [6, 6.07) is 12.3. The Kier molecular flexibility index (Phi) is 4.74. The molecule has 0 fully saturated rings. The number of carboxylic acid groups (broad SMARTS) is 1. The zero-order valence-electron chi connectivity index (χ0n) is 11.0. The molecule has 19 heavy (non-hydrogen) atoms. The standard InChI is InChI=1S/C16H18O2S/c1-2-4-12-6-8-13(9-7-12)14(11-16(17)18)15-5-3-10-19-15/h3,5-10,14H,2,4,11H2,1H3,(H,17,18). The third-order valence-electron chi connectivity index (χ3n) is 3.19. The molecule has 0 aliphatic rings. The molecule has 0 radical (unpaired) electrons. The smallest absolute Gasteiger partial charge is 0.304 e. The number of rotatable bonds is 6. The lowest BCUT2D eigenvalue weighted by Gasteiger charge is -2.14. The van der Waals surface area contributed by atoms with Gasteiger partial charge in [0.05, 0.1) is 6.42 Å². The molecule has 2 rings (SSSR count). The maximum atomic E-state index is 11.1. The van der Waals surface area contributed by atoms with Crippen LogP contribution in [-0.2, 0) is 11.2 Å². The second kappa shape index (κ2) is 6.53. The first-order valence-corrected chi connectivity index (χ1v) is 7.42. The number of carboxylic acids is 1. The van der Waals surface area contributed by atoms with E-state index in [1.807, 2.05) is 17.5 Å². The maximum absolute atomic E-state index is 11.1. The number of hydrogen-bond acceptors (Lipinski definition) is 2. The molecule has 0 saturated carbocycles. The Morgan fingerprint density at radius 1 is 1.26 bits per heavy atom. The predicted molar refractivity (Wildman–Crippen MR) is 78.9 cm³/mol. The molecule has 1 atom stereocenters. The molecule has 2 aromatic rings. The quantitative estimate of drug-likeness (QED) is 0.852. The van der Waals surface area contributed by atoms with Crippen molar-refractivity contribution < 1.29 is 9.90 Å². The summed E-state index contributed by atoms with van der Waals surface area (Å²) < 4.78 is 0. The summed E-state index contributed by atoms with van der Waals surface area (Å²) in [5.74, 6) is -0.788. The van der Waals surface area contributed by atoms with Crippen molar-refractivity contribution in [3.63, 3.8) is 0 Å². The van der Waals surface area contributed by atoms with E-state index in [-0.39, 0.29) is 12.3 Å². The lowest BCUT2D eigenvalue weighted by molar-refractivity contribution is -0.137. The van der Waals surface area contributed by atoms with E-state index in [1.54, 1.807) is 11.3 Å². The van der Waals surface area contributed by atoms with Crippen LogP contribution in [0.15, 0.2) is 41.8 Å². The number of benzene rings is 1. The Bertz CT molecular complexity index is 514. The average Bonchev–Trinajstić information content (AvgIpc) is 2.91. The minimum Gasteiger partial charge on any atom is -0.481 e. The molecule has 1 unspecified atom stereocenters. The van der Waals surface area contributed by atoms with Crippen molar-refractivity contribution in [2.75, 3.05) is 0 Å². The highest BCUT2D eigenvalue weighted by Crippen LogP contribution is 2.31. The van der Waals surface area contributed by atoms with Gasteiger partial charge in [-0.1, -0.05) is 43.7 Å². The van der Waals surface area contributed by atoms with Crippen LogP contribution in [0.1, 0.15) is 41.7 Å². The van der Waals surface area contributed by atoms with Crippen LogP contribution in [0.4, 0.5) is 0 Å². The van der Waals surface area contributed by atoms with Gasteiger partial charge in [-0.25, -0.2) is 0 Å². The van der Waals surface area contributed by atoms with Crippen molar-refractivity contribution in [2.24, 2.45) is 0 Å². The monoisotopic (exact) mass is 274 g/mol. The van der Waals surface area contributed by atoms with Crippen molar-refractivity contribution in [1.82, 2.24) is 0 Å². The van der Waals surface area contributed by atoms with Gasteiger partial charge in [0.2, 0.25) is 0 Å². The highest BCUT2D eigenvalue weighted by molar-refractivity contribution is 7.10. The summed E-state index contributed by atoms with van der Waals surface area (Å²) in [4.78, 5) is 12.2. The lowest BCUT2D eigenvalue weighted by atomic mass is 9.93. The summed E-state index contributed by atoms with van der Waals surface area (Å²) >= 11 is 1.62. The summed E-state index contributed by atoms with van der Waals surface area (Å²) in [5.41, 5.74) is 2.40. The molecule has 1 N–H and O–H groups in total. The second-order valence-electron chi connectivity index (χ2n) is 4.66. The van der Waals surface area contributed by atoms with E-state index in [0.29, 0.717) is 0 Å². The third kappa shape index (κ3) is 3.67. The van der Waals surface area contributed by atoms with Crippen LogP contribution < -0.4 is 0 Å².